The Bertz CT molecular complexity index is 1060. The van der Waals surface area contributed by atoms with Gasteiger partial charge in [0.25, 0.3) is 5.91 Å². The smallest absolute Gasteiger partial charge is 0.255 e. The summed E-state index contributed by atoms with van der Waals surface area (Å²) in [5.41, 5.74) is 1.90. The minimum Gasteiger partial charge on any atom is -0.322 e. The third-order valence-electron chi connectivity index (χ3n) is 3.84. The maximum atomic E-state index is 12.5. The van der Waals surface area contributed by atoms with Crippen LogP contribution in [0.1, 0.15) is 20.8 Å². The van der Waals surface area contributed by atoms with Crippen LogP contribution >= 0.6 is 27.3 Å². The molecule has 1 heterocycles. The number of hydrogen-bond acceptors (Lipinski definition) is 4. The molecule has 2 N–H and O–H groups in total. The van der Waals surface area contributed by atoms with Crippen molar-refractivity contribution in [3.8, 4) is 0 Å². The first-order valence-electron chi connectivity index (χ1n) is 8.05. The summed E-state index contributed by atoms with van der Waals surface area (Å²) in [7, 11) is -3.71. The highest BCUT2D eigenvalue weighted by Crippen LogP contribution is 2.21. The van der Waals surface area contributed by atoms with Crippen molar-refractivity contribution in [2.75, 3.05) is 5.32 Å². The van der Waals surface area contributed by atoms with Crippen LogP contribution in [0.3, 0.4) is 0 Å². The Morgan fingerprint density at radius 1 is 1.11 bits per heavy atom. The molecule has 8 heteroatoms. The van der Waals surface area contributed by atoms with E-state index in [0.717, 1.165) is 14.9 Å². The second-order valence-corrected chi connectivity index (χ2v) is 9.50. The van der Waals surface area contributed by atoms with E-state index in [9.17, 15) is 13.2 Å². The van der Waals surface area contributed by atoms with Crippen LogP contribution in [0.25, 0.3) is 0 Å². The molecule has 0 aliphatic rings. The normalized spacial score (nSPS) is 11.3. The number of aryl methyl sites for hydroxylation is 1. The van der Waals surface area contributed by atoms with Crippen molar-refractivity contribution in [1.29, 1.82) is 0 Å². The van der Waals surface area contributed by atoms with Gasteiger partial charge in [-0.25, -0.2) is 13.1 Å². The highest BCUT2D eigenvalue weighted by atomic mass is 79.9. The fraction of sp³-hybridized carbons (Fsp3) is 0.105. The number of benzene rings is 2. The SMILES string of the molecule is Cc1cc(NC(=O)c2cccc(S(=O)(=O)NCc3cccs3)c2)ccc1Br. The largest absolute Gasteiger partial charge is 0.322 e. The van der Waals surface area contributed by atoms with E-state index in [0.29, 0.717) is 5.69 Å². The Balaban J connectivity index is 1.75. The van der Waals surface area contributed by atoms with Gasteiger partial charge in [0.15, 0.2) is 0 Å². The number of halogens is 1. The average Bonchev–Trinajstić information content (AvgIpc) is 3.17. The summed E-state index contributed by atoms with van der Waals surface area (Å²) in [4.78, 5) is 13.5. The zero-order chi connectivity index (χ0) is 19.4. The monoisotopic (exact) mass is 464 g/mol. The molecule has 3 rings (SSSR count). The molecule has 1 amide bonds. The lowest BCUT2D eigenvalue weighted by Crippen LogP contribution is -2.23. The number of nitrogens with one attached hydrogen (secondary N) is 2. The predicted molar refractivity (Wildman–Crippen MR) is 112 cm³/mol. The van der Waals surface area contributed by atoms with Gasteiger partial charge in [-0.1, -0.05) is 28.1 Å². The summed E-state index contributed by atoms with van der Waals surface area (Å²) >= 11 is 4.89. The van der Waals surface area contributed by atoms with Gasteiger partial charge in [0.2, 0.25) is 10.0 Å². The highest BCUT2D eigenvalue weighted by molar-refractivity contribution is 9.10. The van der Waals surface area contributed by atoms with Gasteiger partial charge in [0, 0.05) is 27.1 Å². The fourth-order valence-electron chi connectivity index (χ4n) is 2.39. The summed E-state index contributed by atoms with van der Waals surface area (Å²) in [6.07, 6.45) is 0. The molecule has 0 fully saturated rings. The Kier molecular flexibility index (Phi) is 6.11. The van der Waals surface area contributed by atoms with Gasteiger partial charge in [0.05, 0.1) is 4.90 Å². The summed E-state index contributed by atoms with van der Waals surface area (Å²) in [6, 6.07) is 15.2. The Labute approximate surface area is 170 Å². The molecular weight excluding hydrogens is 448 g/mol. The van der Waals surface area contributed by atoms with Crippen LogP contribution in [-0.4, -0.2) is 14.3 Å². The first-order valence-corrected chi connectivity index (χ1v) is 11.2. The molecule has 0 atom stereocenters. The predicted octanol–water partition coefficient (Wildman–Crippen LogP) is 4.55. The standard InChI is InChI=1S/C19H17BrN2O3S2/c1-13-10-15(7-8-18(13)20)22-19(23)14-4-2-6-17(11-14)27(24,25)21-12-16-5-3-9-26-16/h2-11,21H,12H2,1H3,(H,22,23). The van der Waals surface area contributed by atoms with Gasteiger partial charge < -0.3 is 5.32 Å². The quantitative estimate of drug-likeness (QED) is 0.561. The van der Waals surface area contributed by atoms with Crippen molar-refractivity contribution in [2.45, 2.75) is 18.4 Å². The molecule has 0 unspecified atom stereocenters. The van der Waals surface area contributed by atoms with E-state index in [1.54, 1.807) is 18.2 Å². The Morgan fingerprint density at radius 3 is 2.63 bits per heavy atom. The molecule has 140 valence electrons. The van der Waals surface area contributed by atoms with E-state index in [1.807, 2.05) is 36.6 Å². The van der Waals surface area contributed by atoms with Crippen LogP contribution < -0.4 is 10.0 Å². The number of rotatable bonds is 6. The first-order chi connectivity index (χ1) is 12.8. The molecule has 0 aliphatic heterocycles. The summed E-state index contributed by atoms with van der Waals surface area (Å²) in [6.45, 7) is 2.14. The van der Waals surface area contributed by atoms with E-state index in [2.05, 4.69) is 26.0 Å². The number of amides is 1. The zero-order valence-electron chi connectivity index (χ0n) is 14.4. The molecular formula is C19H17BrN2O3S2. The lowest BCUT2D eigenvalue weighted by molar-refractivity contribution is 0.102. The maximum Gasteiger partial charge on any atom is 0.255 e. The number of thiophene rings is 1. The van der Waals surface area contributed by atoms with Gasteiger partial charge in [0.1, 0.15) is 0 Å². The van der Waals surface area contributed by atoms with E-state index in [4.69, 9.17) is 0 Å². The number of carbonyl (C=O) groups excluding carboxylic acids is 1. The number of hydrogen-bond donors (Lipinski definition) is 2. The third kappa shape index (κ3) is 5.04. The minimum absolute atomic E-state index is 0.0543. The van der Waals surface area contributed by atoms with Crippen LogP contribution in [0.4, 0.5) is 5.69 Å². The van der Waals surface area contributed by atoms with E-state index >= 15 is 0 Å². The topological polar surface area (TPSA) is 75.3 Å². The molecule has 0 aliphatic carbocycles. The molecule has 27 heavy (non-hydrogen) atoms. The number of sulfonamides is 1. The van der Waals surface area contributed by atoms with E-state index in [1.165, 1.54) is 23.5 Å². The zero-order valence-corrected chi connectivity index (χ0v) is 17.6. The molecule has 0 radical (unpaired) electrons. The van der Waals surface area contributed by atoms with Crippen molar-refractivity contribution in [2.24, 2.45) is 0 Å². The van der Waals surface area contributed by atoms with Crippen LogP contribution in [0.15, 0.2) is 69.3 Å². The van der Waals surface area contributed by atoms with Gasteiger partial charge in [-0.3, -0.25) is 4.79 Å². The van der Waals surface area contributed by atoms with Crippen LogP contribution in [0.2, 0.25) is 0 Å². The lowest BCUT2D eigenvalue weighted by Gasteiger charge is -2.09. The lowest BCUT2D eigenvalue weighted by atomic mass is 10.2. The third-order valence-corrected chi connectivity index (χ3v) is 7.00. The van der Waals surface area contributed by atoms with Crippen LogP contribution in [-0.2, 0) is 16.6 Å². The molecule has 0 saturated carbocycles. The van der Waals surface area contributed by atoms with Gasteiger partial charge in [-0.15, -0.1) is 11.3 Å². The molecule has 5 nitrogen and oxygen atoms in total. The number of carbonyl (C=O) groups is 1. The van der Waals surface area contributed by atoms with Crippen LogP contribution in [0.5, 0.6) is 0 Å². The second-order valence-electron chi connectivity index (χ2n) is 5.85. The molecule has 0 spiro atoms. The highest BCUT2D eigenvalue weighted by Gasteiger charge is 2.16. The van der Waals surface area contributed by atoms with Gasteiger partial charge in [-0.05, 0) is 60.3 Å². The molecule has 0 bridgehead atoms. The summed E-state index contributed by atoms with van der Waals surface area (Å²) in [5, 5.41) is 4.67. The summed E-state index contributed by atoms with van der Waals surface area (Å²) in [5.74, 6) is -0.368. The fourth-order valence-corrected chi connectivity index (χ4v) is 4.43. The van der Waals surface area contributed by atoms with Crippen molar-refractivity contribution < 1.29 is 13.2 Å². The average molecular weight is 465 g/mol. The van der Waals surface area contributed by atoms with E-state index in [-0.39, 0.29) is 22.9 Å². The Hall–Kier alpha value is -2.00. The molecule has 2 aromatic carbocycles. The van der Waals surface area contributed by atoms with Crippen molar-refractivity contribution >= 4 is 48.9 Å². The van der Waals surface area contributed by atoms with Gasteiger partial charge in [-0.2, -0.15) is 0 Å². The van der Waals surface area contributed by atoms with E-state index < -0.39 is 10.0 Å². The number of anilines is 1. The second kappa shape index (κ2) is 8.35. The van der Waals surface area contributed by atoms with Gasteiger partial charge >= 0.3 is 0 Å². The Morgan fingerprint density at radius 2 is 1.93 bits per heavy atom. The first kappa shape index (κ1) is 19.8. The molecule has 1 aromatic heterocycles. The minimum atomic E-state index is -3.71. The molecule has 0 saturated heterocycles. The summed E-state index contributed by atoms with van der Waals surface area (Å²) < 4.78 is 28.5. The molecule has 3 aromatic rings. The van der Waals surface area contributed by atoms with Crippen molar-refractivity contribution in [3.63, 3.8) is 0 Å². The van der Waals surface area contributed by atoms with Crippen molar-refractivity contribution in [1.82, 2.24) is 4.72 Å². The van der Waals surface area contributed by atoms with Crippen molar-refractivity contribution in [3.05, 3.63) is 80.5 Å². The maximum absolute atomic E-state index is 12.5. The van der Waals surface area contributed by atoms with Crippen LogP contribution in [0, 0.1) is 6.92 Å².